The summed E-state index contributed by atoms with van der Waals surface area (Å²) < 4.78 is 10.6. The summed E-state index contributed by atoms with van der Waals surface area (Å²) in [6, 6.07) is 8.02. The normalized spacial score (nSPS) is 16.1. The molecule has 1 aromatic rings. The highest BCUT2D eigenvalue weighted by atomic mass is 16.5. The second kappa shape index (κ2) is 5.97. The van der Waals surface area contributed by atoms with Crippen LogP contribution >= 0.6 is 0 Å². The van der Waals surface area contributed by atoms with Gasteiger partial charge in [-0.05, 0) is 23.3 Å². The van der Waals surface area contributed by atoms with Crippen molar-refractivity contribution in [3.05, 3.63) is 58.7 Å². The zero-order valence-electron chi connectivity index (χ0n) is 13.1. The Balaban J connectivity index is 1.82. The number of allylic oxidation sites excluding steroid dienone is 1. The lowest BCUT2D eigenvalue weighted by atomic mass is 10.0. The van der Waals surface area contributed by atoms with E-state index in [1.165, 1.54) is 0 Å². The highest BCUT2D eigenvalue weighted by molar-refractivity contribution is 5.59. The molecule has 6 heteroatoms. The maximum absolute atomic E-state index is 9.27. The summed E-state index contributed by atoms with van der Waals surface area (Å²) in [4.78, 5) is 2.14. The molecule has 0 atom stereocenters. The van der Waals surface area contributed by atoms with Gasteiger partial charge in [0.2, 0.25) is 0 Å². The van der Waals surface area contributed by atoms with E-state index in [1.54, 1.807) is 14.2 Å². The molecular formula is C17H18N4O2. The summed E-state index contributed by atoms with van der Waals surface area (Å²) >= 11 is 0. The average molecular weight is 310 g/mol. The number of hydrogen-bond acceptors (Lipinski definition) is 6. The smallest absolute Gasteiger partial charge is 0.161 e. The van der Waals surface area contributed by atoms with E-state index < -0.39 is 0 Å². The number of fused-ring (bicyclic) bond motifs is 1. The van der Waals surface area contributed by atoms with Gasteiger partial charge < -0.3 is 25.4 Å². The first-order chi connectivity index (χ1) is 11.2. The van der Waals surface area contributed by atoms with Crippen molar-refractivity contribution < 1.29 is 9.47 Å². The van der Waals surface area contributed by atoms with Gasteiger partial charge in [-0.1, -0.05) is 6.07 Å². The molecule has 2 heterocycles. The minimum Gasteiger partial charge on any atom is -0.493 e. The van der Waals surface area contributed by atoms with Crippen LogP contribution in [-0.2, 0) is 6.54 Å². The molecule has 3 N–H and O–H groups in total. The minimum atomic E-state index is 0.399. The van der Waals surface area contributed by atoms with Crippen LogP contribution in [0.15, 0.2) is 53.1 Å². The summed E-state index contributed by atoms with van der Waals surface area (Å²) in [7, 11) is 3.24. The van der Waals surface area contributed by atoms with Gasteiger partial charge in [0, 0.05) is 31.1 Å². The van der Waals surface area contributed by atoms with E-state index in [9.17, 15) is 5.26 Å². The molecule has 0 saturated carbocycles. The average Bonchev–Trinajstić information content (AvgIpc) is 2.97. The molecule has 2 aliphatic rings. The molecule has 0 aromatic heterocycles. The number of nitrogens with two attached hydrogens (primary N) is 1. The quantitative estimate of drug-likeness (QED) is 0.878. The van der Waals surface area contributed by atoms with Gasteiger partial charge in [0.05, 0.1) is 14.2 Å². The number of benzene rings is 1. The van der Waals surface area contributed by atoms with Crippen LogP contribution in [0.4, 0.5) is 0 Å². The zero-order chi connectivity index (χ0) is 16.4. The molecule has 0 saturated heterocycles. The number of ether oxygens (including phenoxy) is 2. The summed E-state index contributed by atoms with van der Waals surface area (Å²) in [5, 5.41) is 12.2. The number of dihydropyridines is 1. The number of hydrogen-bond donors (Lipinski definition) is 2. The highest BCUT2D eigenvalue weighted by Crippen LogP contribution is 2.32. The van der Waals surface area contributed by atoms with Gasteiger partial charge in [0.1, 0.15) is 17.5 Å². The largest absolute Gasteiger partial charge is 0.493 e. The summed E-state index contributed by atoms with van der Waals surface area (Å²) in [6.07, 6.45) is 3.84. The first-order valence-electron chi connectivity index (χ1n) is 7.19. The van der Waals surface area contributed by atoms with Crippen LogP contribution in [0.1, 0.15) is 5.56 Å². The SMILES string of the molecule is COc1ccc(CN2C=C3C(=CNC(N)=C3C#N)C2)cc1OC. The van der Waals surface area contributed by atoms with Gasteiger partial charge in [-0.25, -0.2) is 0 Å². The molecule has 0 radical (unpaired) electrons. The zero-order valence-corrected chi connectivity index (χ0v) is 13.1. The van der Waals surface area contributed by atoms with Gasteiger partial charge >= 0.3 is 0 Å². The summed E-state index contributed by atoms with van der Waals surface area (Å²) in [6.45, 7) is 1.44. The fourth-order valence-corrected chi connectivity index (χ4v) is 2.78. The van der Waals surface area contributed by atoms with Crippen LogP contribution in [-0.4, -0.2) is 25.7 Å². The van der Waals surface area contributed by atoms with Crippen LogP contribution in [0.5, 0.6) is 11.5 Å². The van der Waals surface area contributed by atoms with Gasteiger partial charge in [-0.3, -0.25) is 0 Å². The number of nitrogens with zero attached hydrogens (tertiary/aromatic N) is 2. The molecule has 0 fully saturated rings. The molecule has 1 aromatic carbocycles. The lowest BCUT2D eigenvalue weighted by Crippen LogP contribution is -2.22. The Labute approximate surface area is 135 Å². The third kappa shape index (κ3) is 2.69. The van der Waals surface area contributed by atoms with E-state index in [1.807, 2.05) is 30.6 Å². The first kappa shape index (κ1) is 14.9. The molecule has 0 bridgehead atoms. The molecule has 0 spiro atoms. The van der Waals surface area contributed by atoms with Crippen LogP contribution in [0.3, 0.4) is 0 Å². The van der Waals surface area contributed by atoms with Crippen LogP contribution in [0.2, 0.25) is 0 Å². The molecule has 0 aliphatic carbocycles. The molecule has 2 aliphatic heterocycles. The van der Waals surface area contributed by atoms with Crippen molar-refractivity contribution in [1.82, 2.24) is 10.2 Å². The second-order valence-corrected chi connectivity index (χ2v) is 5.35. The molecule has 0 unspecified atom stereocenters. The van der Waals surface area contributed by atoms with Crippen molar-refractivity contribution in [1.29, 1.82) is 5.26 Å². The van der Waals surface area contributed by atoms with Crippen molar-refractivity contribution in [3.8, 4) is 17.6 Å². The third-order valence-corrected chi connectivity index (χ3v) is 3.92. The van der Waals surface area contributed by atoms with Gasteiger partial charge in [0.15, 0.2) is 11.5 Å². The standard InChI is InChI=1S/C17H18N4O2/c1-22-15-4-3-11(5-16(15)23-2)8-21-9-12-7-20-17(19)13(6-18)14(12)10-21/h3-5,7,10,20H,8-9,19H2,1-2H3. The number of nitriles is 1. The molecule has 118 valence electrons. The Morgan fingerprint density at radius 2 is 2.09 bits per heavy atom. The minimum absolute atomic E-state index is 0.399. The van der Waals surface area contributed by atoms with Crippen LogP contribution in [0, 0.1) is 11.3 Å². The van der Waals surface area contributed by atoms with E-state index in [0.717, 1.165) is 23.3 Å². The highest BCUT2D eigenvalue weighted by Gasteiger charge is 2.25. The molecular weight excluding hydrogens is 292 g/mol. The topological polar surface area (TPSA) is 83.5 Å². The Bertz CT molecular complexity index is 771. The fraction of sp³-hybridized carbons (Fsp3) is 0.235. The van der Waals surface area contributed by atoms with E-state index in [2.05, 4.69) is 16.3 Å². The van der Waals surface area contributed by atoms with Crippen molar-refractivity contribution in [2.75, 3.05) is 20.8 Å². The van der Waals surface area contributed by atoms with Gasteiger partial charge in [-0.15, -0.1) is 0 Å². The van der Waals surface area contributed by atoms with Crippen LogP contribution < -0.4 is 20.5 Å². The Kier molecular flexibility index (Phi) is 3.85. The predicted molar refractivity (Wildman–Crippen MR) is 86.1 cm³/mol. The van der Waals surface area contributed by atoms with Crippen molar-refractivity contribution in [2.24, 2.45) is 5.73 Å². The fourth-order valence-electron chi connectivity index (χ4n) is 2.78. The summed E-state index contributed by atoms with van der Waals surface area (Å²) in [5.74, 6) is 1.81. The number of rotatable bonds is 4. The molecule has 23 heavy (non-hydrogen) atoms. The predicted octanol–water partition coefficient (Wildman–Crippen LogP) is 1.58. The second-order valence-electron chi connectivity index (χ2n) is 5.35. The monoisotopic (exact) mass is 310 g/mol. The Hall–Kier alpha value is -3.07. The van der Waals surface area contributed by atoms with Gasteiger partial charge in [-0.2, -0.15) is 5.26 Å². The molecule has 0 amide bonds. The van der Waals surface area contributed by atoms with E-state index in [4.69, 9.17) is 15.2 Å². The maximum atomic E-state index is 9.27. The molecule has 6 nitrogen and oxygen atoms in total. The first-order valence-corrected chi connectivity index (χ1v) is 7.19. The van der Waals surface area contributed by atoms with Gasteiger partial charge in [0.25, 0.3) is 0 Å². The van der Waals surface area contributed by atoms with Crippen molar-refractivity contribution in [2.45, 2.75) is 6.54 Å². The van der Waals surface area contributed by atoms with E-state index in [-0.39, 0.29) is 0 Å². The van der Waals surface area contributed by atoms with Crippen molar-refractivity contribution >= 4 is 0 Å². The van der Waals surface area contributed by atoms with E-state index >= 15 is 0 Å². The third-order valence-electron chi connectivity index (χ3n) is 3.92. The number of methoxy groups -OCH3 is 2. The van der Waals surface area contributed by atoms with Crippen molar-refractivity contribution in [3.63, 3.8) is 0 Å². The lowest BCUT2D eigenvalue weighted by molar-refractivity contribution is 0.353. The van der Waals surface area contributed by atoms with E-state index in [0.29, 0.717) is 29.4 Å². The molecule has 3 rings (SSSR count). The Morgan fingerprint density at radius 1 is 1.30 bits per heavy atom. The maximum Gasteiger partial charge on any atom is 0.161 e. The summed E-state index contributed by atoms with van der Waals surface area (Å²) in [5.41, 5.74) is 9.38. The lowest BCUT2D eigenvalue weighted by Gasteiger charge is -2.17. The number of nitrogens with one attached hydrogen (secondary N) is 1. The Morgan fingerprint density at radius 3 is 2.78 bits per heavy atom. The van der Waals surface area contributed by atoms with Crippen LogP contribution in [0.25, 0.3) is 0 Å².